The van der Waals surface area contributed by atoms with Crippen molar-refractivity contribution in [2.75, 3.05) is 19.6 Å². The number of rotatable bonds is 6. The number of aromatic nitrogens is 2. The first-order valence-corrected chi connectivity index (χ1v) is 9.90. The van der Waals surface area contributed by atoms with Crippen LogP contribution in [0.4, 0.5) is 8.78 Å². The topological polar surface area (TPSA) is 71.3 Å². The molecule has 0 atom stereocenters. The zero-order valence-corrected chi connectivity index (χ0v) is 16.4. The van der Waals surface area contributed by atoms with Gasteiger partial charge in [0.05, 0.1) is 6.54 Å². The van der Waals surface area contributed by atoms with Crippen molar-refractivity contribution in [1.82, 2.24) is 20.4 Å². The predicted molar refractivity (Wildman–Crippen MR) is 106 cm³/mol. The van der Waals surface area contributed by atoms with Gasteiger partial charge in [0.2, 0.25) is 17.6 Å². The molecular formula is C22H22F2N4O2. The summed E-state index contributed by atoms with van der Waals surface area (Å²) in [7, 11) is 0. The van der Waals surface area contributed by atoms with Gasteiger partial charge in [-0.1, -0.05) is 29.4 Å². The Morgan fingerprint density at radius 1 is 1.10 bits per heavy atom. The fourth-order valence-corrected chi connectivity index (χ4v) is 3.55. The Labute approximate surface area is 172 Å². The largest absolute Gasteiger partial charge is 0.351 e. The third kappa shape index (κ3) is 5.07. The van der Waals surface area contributed by atoms with Crippen molar-refractivity contribution in [3.8, 4) is 11.4 Å². The van der Waals surface area contributed by atoms with E-state index in [1.807, 2.05) is 0 Å². The van der Waals surface area contributed by atoms with Crippen LogP contribution in [-0.2, 0) is 11.3 Å². The molecule has 0 saturated carbocycles. The molecule has 1 N–H and O–H groups in total. The lowest BCUT2D eigenvalue weighted by molar-refractivity contribution is -0.122. The minimum absolute atomic E-state index is 0.0658. The number of amides is 1. The Balaban J connectivity index is 1.25. The summed E-state index contributed by atoms with van der Waals surface area (Å²) >= 11 is 0. The lowest BCUT2D eigenvalue weighted by Crippen LogP contribution is -2.41. The molecule has 0 unspecified atom stereocenters. The molecule has 0 aliphatic carbocycles. The Bertz CT molecular complexity index is 998. The van der Waals surface area contributed by atoms with E-state index in [4.69, 9.17) is 4.52 Å². The highest BCUT2D eigenvalue weighted by molar-refractivity contribution is 5.78. The van der Waals surface area contributed by atoms with Crippen molar-refractivity contribution in [1.29, 1.82) is 0 Å². The van der Waals surface area contributed by atoms with Crippen molar-refractivity contribution >= 4 is 5.91 Å². The number of nitrogens with one attached hydrogen (secondary N) is 1. The van der Waals surface area contributed by atoms with Gasteiger partial charge in [0.25, 0.3) is 0 Å². The number of nitrogens with zero attached hydrogens (tertiary/aromatic N) is 3. The van der Waals surface area contributed by atoms with Crippen LogP contribution in [0, 0.1) is 11.6 Å². The smallest absolute Gasteiger partial charge is 0.234 e. The number of piperidine rings is 1. The van der Waals surface area contributed by atoms with Gasteiger partial charge in [-0.3, -0.25) is 9.69 Å². The SMILES string of the molecule is O=C(CN1CCC(c2nc(-c3cccc(F)c3)no2)CC1)NCc1ccc(F)cc1. The molecule has 1 aliphatic heterocycles. The van der Waals surface area contributed by atoms with E-state index >= 15 is 0 Å². The van der Waals surface area contributed by atoms with Gasteiger partial charge in [-0.15, -0.1) is 0 Å². The minimum atomic E-state index is -0.343. The molecule has 1 saturated heterocycles. The van der Waals surface area contributed by atoms with Crippen LogP contribution in [0.5, 0.6) is 0 Å². The first-order valence-electron chi connectivity index (χ1n) is 9.90. The van der Waals surface area contributed by atoms with Crippen molar-refractivity contribution < 1.29 is 18.1 Å². The van der Waals surface area contributed by atoms with Crippen LogP contribution in [-0.4, -0.2) is 40.6 Å². The zero-order valence-electron chi connectivity index (χ0n) is 16.4. The molecule has 3 aromatic rings. The number of carbonyl (C=O) groups is 1. The molecule has 2 heterocycles. The zero-order chi connectivity index (χ0) is 20.9. The van der Waals surface area contributed by atoms with Gasteiger partial charge in [-0.05, 0) is 55.8 Å². The second kappa shape index (κ2) is 9.13. The third-order valence-electron chi connectivity index (χ3n) is 5.23. The van der Waals surface area contributed by atoms with Crippen LogP contribution in [0.1, 0.15) is 30.2 Å². The summed E-state index contributed by atoms with van der Waals surface area (Å²) in [5.41, 5.74) is 1.44. The minimum Gasteiger partial charge on any atom is -0.351 e. The molecule has 156 valence electrons. The summed E-state index contributed by atoms with van der Waals surface area (Å²) in [6.07, 6.45) is 1.60. The van der Waals surface area contributed by atoms with Gasteiger partial charge in [0.1, 0.15) is 11.6 Å². The molecule has 6 nitrogen and oxygen atoms in total. The Morgan fingerprint density at radius 3 is 2.60 bits per heavy atom. The van der Waals surface area contributed by atoms with Crippen LogP contribution in [0.3, 0.4) is 0 Å². The number of halogens is 2. The van der Waals surface area contributed by atoms with Crippen LogP contribution >= 0.6 is 0 Å². The maximum absolute atomic E-state index is 13.4. The van der Waals surface area contributed by atoms with Gasteiger partial charge in [0.15, 0.2) is 0 Å². The monoisotopic (exact) mass is 412 g/mol. The fraction of sp³-hybridized carbons (Fsp3) is 0.318. The quantitative estimate of drug-likeness (QED) is 0.671. The van der Waals surface area contributed by atoms with Crippen LogP contribution in [0.2, 0.25) is 0 Å². The molecule has 8 heteroatoms. The fourth-order valence-electron chi connectivity index (χ4n) is 3.55. The lowest BCUT2D eigenvalue weighted by atomic mass is 9.97. The van der Waals surface area contributed by atoms with E-state index in [0.717, 1.165) is 31.5 Å². The second-order valence-electron chi connectivity index (χ2n) is 7.42. The number of likely N-dealkylation sites (tertiary alicyclic amines) is 1. The number of benzene rings is 2. The predicted octanol–water partition coefficient (Wildman–Crippen LogP) is 3.51. The Kier molecular flexibility index (Phi) is 6.13. The van der Waals surface area contributed by atoms with Crippen molar-refractivity contribution in [3.63, 3.8) is 0 Å². The molecule has 30 heavy (non-hydrogen) atoms. The van der Waals surface area contributed by atoms with Gasteiger partial charge in [0, 0.05) is 18.0 Å². The average molecular weight is 412 g/mol. The Morgan fingerprint density at radius 2 is 1.87 bits per heavy atom. The van der Waals surface area contributed by atoms with Crippen LogP contribution in [0.15, 0.2) is 53.1 Å². The highest BCUT2D eigenvalue weighted by Gasteiger charge is 2.26. The molecule has 0 bridgehead atoms. The van der Waals surface area contributed by atoms with E-state index in [9.17, 15) is 13.6 Å². The van der Waals surface area contributed by atoms with E-state index < -0.39 is 0 Å². The van der Waals surface area contributed by atoms with Gasteiger partial charge in [-0.25, -0.2) is 8.78 Å². The lowest BCUT2D eigenvalue weighted by Gasteiger charge is -2.29. The summed E-state index contributed by atoms with van der Waals surface area (Å²) in [5, 5.41) is 6.83. The first kappa shape index (κ1) is 20.2. The maximum Gasteiger partial charge on any atom is 0.234 e. The highest BCUT2D eigenvalue weighted by Crippen LogP contribution is 2.28. The summed E-state index contributed by atoms with van der Waals surface area (Å²) < 4.78 is 31.7. The standard InChI is InChI=1S/C22H22F2N4O2/c23-18-6-4-15(5-7-18)13-25-20(29)14-28-10-8-16(9-11-28)22-26-21(27-30-22)17-2-1-3-19(24)12-17/h1-7,12,16H,8-11,13-14H2,(H,25,29). The van der Waals surface area contributed by atoms with Gasteiger partial charge < -0.3 is 9.84 Å². The Hall–Kier alpha value is -3.13. The van der Waals surface area contributed by atoms with Crippen molar-refractivity contribution in [3.05, 3.63) is 71.6 Å². The molecule has 1 aliphatic rings. The summed E-state index contributed by atoms with van der Waals surface area (Å²) in [6, 6.07) is 12.2. The van der Waals surface area contributed by atoms with Crippen LogP contribution < -0.4 is 5.32 Å². The highest BCUT2D eigenvalue weighted by atomic mass is 19.1. The van der Waals surface area contributed by atoms with E-state index in [0.29, 0.717) is 30.4 Å². The molecular weight excluding hydrogens is 390 g/mol. The number of hydrogen-bond acceptors (Lipinski definition) is 5. The number of carbonyl (C=O) groups excluding carboxylic acids is 1. The normalized spacial score (nSPS) is 15.3. The van der Waals surface area contributed by atoms with Crippen LogP contribution in [0.25, 0.3) is 11.4 Å². The van der Waals surface area contributed by atoms with E-state index in [-0.39, 0.29) is 23.5 Å². The van der Waals surface area contributed by atoms with E-state index in [1.54, 1.807) is 24.3 Å². The summed E-state index contributed by atoms with van der Waals surface area (Å²) in [5.74, 6) is 0.353. The molecule has 0 spiro atoms. The molecule has 1 fully saturated rings. The van der Waals surface area contributed by atoms with E-state index in [1.165, 1.54) is 24.3 Å². The van der Waals surface area contributed by atoms with E-state index in [2.05, 4.69) is 20.4 Å². The third-order valence-corrected chi connectivity index (χ3v) is 5.23. The first-order chi connectivity index (χ1) is 14.6. The molecule has 4 rings (SSSR count). The van der Waals surface area contributed by atoms with Gasteiger partial charge in [-0.2, -0.15) is 4.98 Å². The van der Waals surface area contributed by atoms with Crippen molar-refractivity contribution in [2.45, 2.75) is 25.3 Å². The molecule has 2 aromatic carbocycles. The molecule has 1 amide bonds. The summed E-state index contributed by atoms with van der Waals surface area (Å²) in [6.45, 7) is 2.17. The molecule has 1 aromatic heterocycles. The average Bonchev–Trinajstić information content (AvgIpc) is 3.24. The summed E-state index contributed by atoms with van der Waals surface area (Å²) in [4.78, 5) is 18.7. The maximum atomic E-state index is 13.4. The molecule has 0 radical (unpaired) electrons. The van der Waals surface area contributed by atoms with Crippen molar-refractivity contribution in [2.24, 2.45) is 0 Å². The second-order valence-corrected chi connectivity index (χ2v) is 7.42. The van der Waals surface area contributed by atoms with Gasteiger partial charge >= 0.3 is 0 Å². The number of hydrogen-bond donors (Lipinski definition) is 1.